The van der Waals surface area contributed by atoms with Gasteiger partial charge in [-0.05, 0) is 12.3 Å². The van der Waals surface area contributed by atoms with Crippen molar-refractivity contribution in [2.24, 2.45) is 11.7 Å². The van der Waals surface area contributed by atoms with Gasteiger partial charge in [-0.3, -0.25) is 28.8 Å². The van der Waals surface area contributed by atoms with E-state index in [1.54, 1.807) is 13.8 Å². The molecule has 0 saturated carbocycles. The maximum absolute atomic E-state index is 12.5. The van der Waals surface area contributed by atoms with Crippen molar-refractivity contribution in [1.29, 1.82) is 0 Å². The Morgan fingerprint density at radius 3 is 1.72 bits per heavy atom. The van der Waals surface area contributed by atoms with Gasteiger partial charge in [-0.1, -0.05) is 13.8 Å². The number of amides is 3. The predicted octanol–water partition coefficient (Wildman–Crippen LogP) is -2.52. The number of nitrogens with one attached hydrogen (secondary N) is 3. The summed E-state index contributed by atoms with van der Waals surface area (Å²) in [5, 5.41) is 32.7. The molecule has 164 valence electrons. The quantitative estimate of drug-likeness (QED) is 0.166. The molecule has 0 fully saturated rings. The molecule has 29 heavy (non-hydrogen) atoms. The minimum Gasteiger partial charge on any atom is -0.481 e. The van der Waals surface area contributed by atoms with E-state index < -0.39 is 73.1 Å². The Bertz CT molecular complexity index is 650. The van der Waals surface area contributed by atoms with E-state index >= 15 is 0 Å². The van der Waals surface area contributed by atoms with Crippen LogP contribution >= 0.6 is 0 Å². The minimum absolute atomic E-state index is 0.0904. The summed E-state index contributed by atoms with van der Waals surface area (Å²) in [7, 11) is 0. The van der Waals surface area contributed by atoms with Crippen LogP contribution in [-0.4, -0.2) is 75.6 Å². The van der Waals surface area contributed by atoms with E-state index in [1.807, 2.05) is 0 Å². The average molecular weight is 418 g/mol. The molecular formula is C16H26N4O9. The highest BCUT2D eigenvalue weighted by atomic mass is 16.4. The van der Waals surface area contributed by atoms with Gasteiger partial charge in [0.25, 0.3) is 0 Å². The van der Waals surface area contributed by atoms with Crippen LogP contribution < -0.4 is 21.7 Å². The van der Waals surface area contributed by atoms with Gasteiger partial charge in [-0.25, -0.2) is 0 Å². The summed E-state index contributed by atoms with van der Waals surface area (Å²) in [6.07, 6.45) is -1.47. The minimum atomic E-state index is -1.62. The molecule has 0 bridgehead atoms. The Morgan fingerprint density at radius 1 is 0.759 bits per heavy atom. The van der Waals surface area contributed by atoms with E-state index in [0.717, 1.165) is 0 Å². The van der Waals surface area contributed by atoms with Crippen molar-refractivity contribution in [3.05, 3.63) is 0 Å². The largest absolute Gasteiger partial charge is 0.481 e. The lowest BCUT2D eigenvalue weighted by Crippen LogP contribution is -2.56. The second-order valence-electron chi connectivity index (χ2n) is 6.67. The fraction of sp³-hybridized carbons (Fsp3) is 0.625. The molecular weight excluding hydrogens is 392 g/mol. The van der Waals surface area contributed by atoms with Gasteiger partial charge in [0.2, 0.25) is 17.7 Å². The number of carbonyl (C=O) groups is 6. The van der Waals surface area contributed by atoms with Crippen molar-refractivity contribution in [3.8, 4) is 0 Å². The summed E-state index contributed by atoms with van der Waals surface area (Å²) >= 11 is 0. The van der Waals surface area contributed by atoms with Crippen LogP contribution in [0.5, 0.6) is 0 Å². The van der Waals surface area contributed by atoms with Crippen LogP contribution in [-0.2, 0) is 28.8 Å². The van der Waals surface area contributed by atoms with Gasteiger partial charge in [0, 0.05) is 0 Å². The Morgan fingerprint density at radius 2 is 1.28 bits per heavy atom. The van der Waals surface area contributed by atoms with Crippen LogP contribution in [0.25, 0.3) is 0 Å². The molecule has 0 radical (unpaired) electrons. The van der Waals surface area contributed by atoms with E-state index in [4.69, 9.17) is 21.1 Å². The molecule has 0 aliphatic carbocycles. The highest BCUT2D eigenvalue weighted by Crippen LogP contribution is 2.06. The molecule has 8 N–H and O–H groups in total. The monoisotopic (exact) mass is 418 g/mol. The van der Waals surface area contributed by atoms with Crippen molar-refractivity contribution in [2.75, 3.05) is 6.54 Å². The zero-order valence-corrected chi connectivity index (χ0v) is 16.0. The summed E-state index contributed by atoms with van der Waals surface area (Å²) < 4.78 is 0. The standard InChI is InChI=1S/C16H26N4O9/c1-7(2)3-9(15(28)18-6-13(25)26)20-16(29)10(5-12(23)24)19-14(27)8(17)4-11(21)22/h7-10H,3-6,17H2,1-2H3,(H,18,28)(H,19,27)(H,20,29)(H,21,22)(H,23,24)(H,25,26). The smallest absolute Gasteiger partial charge is 0.322 e. The second-order valence-corrected chi connectivity index (χ2v) is 6.67. The maximum Gasteiger partial charge on any atom is 0.322 e. The van der Waals surface area contributed by atoms with Gasteiger partial charge < -0.3 is 37.0 Å². The van der Waals surface area contributed by atoms with Crippen molar-refractivity contribution in [1.82, 2.24) is 16.0 Å². The number of rotatable bonds is 13. The SMILES string of the molecule is CC(C)CC(NC(=O)C(CC(=O)O)NC(=O)C(N)CC(=O)O)C(=O)NCC(=O)O. The maximum atomic E-state index is 12.5. The van der Waals surface area contributed by atoms with Gasteiger partial charge in [0.05, 0.1) is 18.9 Å². The van der Waals surface area contributed by atoms with Gasteiger partial charge in [-0.15, -0.1) is 0 Å². The van der Waals surface area contributed by atoms with Crippen LogP contribution in [0, 0.1) is 5.92 Å². The van der Waals surface area contributed by atoms with E-state index in [1.165, 1.54) is 0 Å². The van der Waals surface area contributed by atoms with Crippen LogP contribution in [0.15, 0.2) is 0 Å². The molecule has 13 heteroatoms. The van der Waals surface area contributed by atoms with Gasteiger partial charge in [0.15, 0.2) is 0 Å². The molecule has 0 saturated heterocycles. The Kier molecular flexibility index (Phi) is 10.9. The number of hydrogen-bond donors (Lipinski definition) is 7. The molecule has 0 spiro atoms. The third-order valence-electron chi connectivity index (χ3n) is 3.50. The van der Waals surface area contributed by atoms with Gasteiger partial charge >= 0.3 is 17.9 Å². The molecule has 3 atom stereocenters. The third-order valence-corrected chi connectivity index (χ3v) is 3.50. The second kappa shape index (κ2) is 12.3. The van der Waals surface area contributed by atoms with Crippen LogP contribution in [0.3, 0.4) is 0 Å². The summed E-state index contributed by atoms with van der Waals surface area (Å²) in [5.74, 6) is -7.04. The number of hydrogen-bond acceptors (Lipinski definition) is 7. The molecule has 0 aliphatic heterocycles. The molecule has 0 aromatic carbocycles. The molecule has 0 aromatic rings. The fourth-order valence-electron chi connectivity index (χ4n) is 2.20. The van der Waals surface area contributed by atoms with Crippen molar-refractivity contribution >= 4 is 35.6 Å². The number of nitrogens with two attached hydrogens (primary N) is 1. The first-order valence-corrected chi connectivity index (χ1v) is 8.62. The molecule has 0 aromatic heterocycles. The number of aliphatic carboxylic acids is 3. The first kappa shape index (κ1) is 25.8. The van der Waals surface area contributed by atoms with E-state index in [-0.39, 0.29) is 12.3 Å². The zero-order valence-electron chi connectivity index (χ0n) is 16.0. The van der Waals surface area contributed by atoms with E-state index in [9.17, 15) is 28.8 Å². The zero-order chi connectivity index (χ0) is 22.7. The van der Waals surface area contributed by atoms with Gasteiger partial charge in [0.1, 0.15) is 18.6 Å². The highest BCUT2D eigenvalue weighted by molar-refractivity contribution is 5.95. The average Bonchev–Trinajstić information content (AvgIpc) is 2.56. The van der Waals surface area contributed by atoms with E-state index in [0.29, 0.717) is 0 Å². The van der Waals surface area contributed by atoms with Gasteiger partial charge in [-0.2, -0.15) is 0 Å². The third kappa shape index (κ3) is 11.3. The lowest BCUT2D eigenvalue weighted by atomic mass is 10.0. The Hall–Kier alpha value is -3.22. The Balaban J connectivity index is 5.28. The first-order valence-electron chi connectivity index (χ1n) is 8.62. The molecule has 3 amide bonds. The first-order chi connectivity index (χ1) is 13.3. The molecule has 0 heterocycles. The molecule has 3 unspecified atom stereocenters. The van der Waals surface area contributed by atoms with E-state index in [2.05, 4.69) is 16.0 Å². The number of carboxylic acid groups (broad SMARTS) is 3. The van der Waals surface area contributed by atoms with Crippen LogP contribution in [0.2, 0.25) is 0 Å². The lowest BCUT2D eigenvalue weighted by Gasteiger charge is -2.24. The topological polar surface area (TPSA) is 225 Å². The normalized spacial score (nSPS) is 13.7. The lowest BCUT2D eigenvalue weighted by molar-refractivity contribution is -0.142. The molecule has 13 nitrogen and oxygen atoms in total. The van der Waals surface area contributed by atoms with Crippen molar-refractivity contribution in [3.63, 3.8) is 0 Å². The van der Waals surface area contributed by atoms with Crippen LogP contribution in [0.1, 0.15) is 33.1 Å². The fourth-order valence-corrected chi connectivity index (χ4v) is 2.20. The molecule has 0 aliphatic rings. The molecule has 0 rings (SSSR count). The predicted molar refractivity (Wildman–Crippen MR) is 96.4 cm³/mol. The van der Waals surface area contributed by atoms with Crippen molar-refractivity contribution in [2.45, 2.75) is 51.2 Å². The van der Waals surface area contributed by atoms with Crippen molar-refractivity contribution < 1.29 is 44.1 Å². The Labute approximate surface area is 166 Å². The summed E-state index contributed by atoms with van der Waals surface area (Å²) in [6, 6.07) is -4.31. The summed E-state index contributed by atoms with van der Waals surface area (Å²) in [4.78, 5) is 68.8. The number of carboxylic acids is 3. The number of carbonyl (C=O) groups excluding carboxylic acids is 3. The summed E-state index contributed by atoms with van der Waals surface area (Å²) in [5.41, 5.74) is 5.39. The summed E-state index contributed by atoms with van der Waals surface area (Å²) in [6.45, 7) is 2.80. The highest BCUT2D eigenvalue weighted by Gasteiger charge is 2.30. The van der Waals surface area contributed by atoms with Crippen LogP contribution in [0.4, 0.5) is 0 Å².